The van der Waals surface area contributed by atoms with Gasteiger partial charge in [-0.3, -0.25) is 4.79 Å². The highest BCUT2D eigenvalue weighted by atomic mass is 16.1. The Balaban J connectivity index is 1.53. The third kappa shape index (κ3) is 2.95. The molecule has 3 aromatic rings. The van der Waals surface area contributed by atoms with E-state index in [4.69, 9.17) is 0 Å². The van der Waals surface area contributed by atoms with Crippen LogP contribution in [0.15, 0.2) is 84.3 Å². The molecule has 0 amide bonds. The molecule has 28 heavy (non-hydrogen) atoms. The Morgan fingerprint density at radius 2 is 1.75 bits per heavy atom. The molecule has 0 saturated heterocycles. The summed E-state index contributed by atoms with van der Waals surface area (Å²) < 4.78 is 1.79. The predicted molar refractivity (Wildman–Crippen MR) is 109 cm³/mol. The lowest BCUT2D eigenvalue weighted by Gasteiger charge is -2.33. The third-order valence-electron chi connectivity index (χ3n) is 5.44. The van der Waals surface area contributed by atoms with Crippen molar-refractivity contribution in [3.8, 4) is 0 Å². The van der Waals surface area contributed by atoms with Gasteiger partial charge in [0, 0.05) is 17.7 Å². The van der Waals surface area contributed by atoms with Gasteiger partial charge in [-0.2, -0.15) is 10.1 Å². The number of allylic oxidation sites excluding steroid dienone is 3. The van der Waals surface area contributed by atoms with Crippen LogP contribution in [0.1, 0.15) is 35.9 Å². The molecule has 2 heterocycles. The molecule has 0 bridgehead atoms. The molecule has 2 atom stereocenters. The third-order valence-corrected chi connectivity index (χ3v) is 5.44. The molecule has 0 radical (unpaired) electrons. The molecule has 2 aromatic carbocycles. The number of hydrogen-bond acceptors (Lipinski definition) is 4. The maximum absolute atomic E-state index is 13.2. The van der Waals surface area contributed by atoms with Crippen molar-refractivity contribution in [2.45, 2.75) is 24.8 Å². The Bertz CT molecular complexity index is 1070. The number of carbonyl (C=O) groups excluding carboxylic acids is 1. The minimum Gasteiger partial charge on any atom is -0.328 e. The predicted octanol–water partition coefficient (Wildman–Crippen LogP) is 4.36. The lowest BCUT2D eigenvalue weighted by molar-refractivity contribution is -0.116. The number of nitrogens with one attached hydrogen (secondary N) is 1. The molecule has 0 unspecified atom stereocenters. The van der Waals surface area contributed by atoms with Crippen molar-refractivity contribution in [1.82, 2.24) is 14.8 Å². The maximum atomic E-state index is 13.2. The van der Waals surface area contributed by atoms with E-state index in [1.54, 1.807) is 4.68 Å². The fourth-order valence-corrected chi connectivity index (χ4v) is 4.10. The number of ketones is 1. The van der Waals surface area contributed by atoms with Gasteiger partial charge in [0.1, 0.15) is 12.4 Å². The normalized spacial score (nSPS) is 21.4. The van der Waals surface area contributed by atoms with E-state index in [0.717, 1.165) is 23.3 Å². The average Bonchev–Trinajstić information content (AvgIpc) is 3.21. The molecule has 1 aliphatic heterocycles. The summed E-state index contributed by atoms with van der Waals surface area (Å²) >= 11 is 0. The monoisotopic (exact) mass is 368 g/mol. The number of nitrogens with zero attached hydrogens (tertiary/aromatic N) is 3. The number of benzene rings is 2. The van der Waals surface area contributed by atoms with Gasteiger partial charge in [-0.15, -0.1) is 0 Å². The summed E-state index contributed by atoms with van der Waals surface area (Å²) in [5.41, 5.74) is 4.06. The van der Waals surface area contributed by atoms with Crippen LogP contribution in [-0.4, -0.2) is 20.5 Å². The van der Waals surface area contributed by atoms with E-state index in [0.29, 0.717) is 12.4 Å². The molecule has 1 aromatic heterocycles. The lowest BCUT2D eigenvalue weighted by atomic mass is 9.79. The van der Waals surface area contributed by atoms with Crippen LogP contribution >= 0.6 is 0 Å². The highest BCUT2D eigenvalue weighted by Gasteiger charge is 2.37. The summed E-state index contributed by atoms with van der Waals surface area (Å²) in [6.45, 7) is 0. The van der Waals surface area contributed by atoms with Gasteiger partial charge in [-0.25, -0.2) is 4.68 Å². The molecule has 0 saturated carbocycles. The van der Waals surface area contributed by atoms with Crippen molar-refractivity contribution < 1.29 is 4.79 Å². The van der Waals surface area contributed by atoms with E-state index in [1.807, 2.05) is 60.7 Å². The van der Waals surface area contributed by atoms with Gasteiger partial charge in [-0.1, -0.05) is 72.8 Å². The second-order valence-corrected chi connectivity index (χ2v) is 7.20. The second kappa shape index (κ2) is 6.93. The van der Waals surface area contributed by atoms with E-state index < -0.39 is 0 Å². The van der Waals surface area contributed by atoms with Crippen molar-refractivity contribution in [1.29, 1.82) is 0 Å². The maximum Gasteiger partial charge on any atom is 0.226 e. The average molecular weight is 368 g/mol. The first-order valence-electron chi connectivity index (χ1n) is 9.50. The van der Waals surface area contributed by atoms with Crippen molar-refractivity contribution in [3.63, 3.8) is 0 Å². The van der Waals surface area contributed by atoms with E-state index in [2.05, 4.69) is 27.5 Å². The fourth-order valence-electron chi connectivity index (χ4n) is 4.10. The van der Waals surface area contributed by atoms with Crippen molar-refractivity contribution >= 4 is 17.8 Å². The molecular weight excluding hydrogens is 348 g/mol. The molecule has 5 rings (SSSR count). The molecule has 5 nitrogen and oxygen atoms in total. The smallest absolute Gasteiger partial charge is 0.226 e. The lowest BCUT2D eigenvalue weighted by Crippen LogP contribution is -2.32. The number of carbonyl (C=O) groups is 1. The Morgan fingerprint density at radius 3 is 2.54 bits per heavy atom. The summed E-state index contributed by atoms with van der Waals surface area (Å²) in [5, 5.41) is 7.71. The van der Waals surface area contributed by atoms with Crippen LogP contribution in [0.3, 0.4) is 0 Å². The number of hydrogen-bond donors (Lipinski definition) is 1. The van der Waals surface area contributed by atoms with Gasteiger partial charge in [0.15, 0.2) is 5.78 Å². The van der Waals surface area contributed by atoms with Crippen LogP contribution in [0.5, 0.6) is 0 Å². The van der Waals surface area contributed by atoms with E-state index in [9.17, 15) is 4.79 Å². The SMILES string of the molecule is O=C1C[C@H](c2ccccc2)CC2=C1[C@H](/C=C/c1ccccc1)n1ncnc1N2. The largest absolute Gasteiger partial charge is 0.328 e. The Hall–Kier alpha value is -3.47. The molecule has 5 heteroatoms. The van der Waals surface area contributed by atoms with Crippen molar-refractivity contribution in [3.05, 3.63) is 95.5 Å². The minimum atomic E-state index is -0.238. The second-order valence-electron chi connectivity index (χ2n) is 7.20. The Kier molecular flexibility index (Phi) is 4.13. The van der Waals surface area contributed by atoms with Crippen LogP contribution in [0.4, 0.5) is 5.95 Å². The minimum absolute atomic E-state index is 0.173. The molecule has 0 spiro atoms. The molecule has 138 valence electrons. The van der Waals surface area contributed by atoms with Gasteiger partial charge in [-0.05, 0) is 23.5 Å². The molecule has 1 N–H and O–H groups in total. The van der Waals surface area contributed by atoms with Crippen LogP contribution in [-0.2, 0) is 4.79 Å². The fraction of sp³-hybridized carbons (Fsp3) is 0.174. The summed E-state index contributed by atoms with van der Waals surface area (Å²) in [6, 6.07) is 20.1. The number of Topliss-reactive ketones (excluding diaryl/α,β-unsaturated/α-hetero) is 1. The molecular formula is C23H20N4O. The standard InChI is InChI=1S/C23H20N4O/c28-21-14-18(17-9-5-2-6-10-17)13-19-22(21)20(27-23(26-19)24-15-25-27)12-11-16-7-3-1-4-8-16/h1-12,15,18,20H,13-14H2,(H,24,25,26)/b12-11+/t18-,20+/m1/s1. The number of fused-ring (bicyclic) bond motifs is 1. The highest BCUT2D eigenvalue weighted by molar-refractivity contribution is 6.00. The van der Waals surface area contributed by atoms with Gasteiger partial charge in [0.25, 0.3) is 0 Å². The van der Waals surface area contributed by atoms with Crippen LogP contribution < -0.4 is 5.32 Å². The topological polar surface area (TPSA) is 59.8 Å². The van der Waals surface area contributed by atoms with E-state index >= 15 is 0 Å². The summed E-state index contributed by atoms with van der Waals surface area (Å²) in [7, 11) is 0. The number of rotatable bonds is 3. The first kappa shape index (κ1) is 16.7. The van der Waals surface area contributed by atoms with Crippen molar-refractivity contribution in [2.24, 2.45) is 0 Å². The molecule has 1 aliphatic carbocycles. The van der Waals surface area contributed by atoms with E-state index in [1.165, 1.54) is 11.9 Å². The van der Waals surface area contributed by atoms with Gasteiger partial charge in [0.2, 0.25) is 5.95 Å². The summed E-state index contributed by atoms with van der Waals surface area (Å²) in [5.74, 6) is 1.04. The van der Waals surface area contributed by atoms with Crippen LogP contribution in [0, 0.1) is 0 Å². The Morgan fingerprint density at radius 1 is 1.00 bits per heavy atom. The molecule has 0 fully saturated rings. The van der Waals surface area contributed by atoms with Gasteiger partial charge in [0.05, 0.1) is 0 Å². The number of anilines is 1. The van der Waals surface area contributed by atoms with Gasteiger partial charge < -0.3 is 5.32 Å². The Labute approximate surface area is 163 Å². The first-order chi connectivity index (χ1) is 13.8. The highest BCUT2D eigenvalue weighted by Crippen LogP contribution is 2.42. The first-order valence-corrected chi connectivity index (χ1v) is 9.50. The zero-order chi connectivity index (χ0) is 18.9. The number of aromatic nitrogens is 3. The van der Waals surface area contributed by atoms with Crippen LogP contribution in [0.25, 0.3) is 6.08 Å². The zero-order valence-corrected chi connectivity index (χ0v) is 15.3. The summed E-state index contributed by atoms with van der Waals surface area (Å²) in [6.07, 6.45) is 6.94. The zero-order valence-electron chi connectivity index (χ0n) is 15.3. The molecule has 2 aliphatic rings. The van der Waals surface area contributed by atoms with Crippen molar-refractivity contribution in [2.75, 3.05) is 5.32 Å². The van der Waals surface area contributed by atoms with E-state index in [-0.39, 0.29) is 17.7 Å². The quantitative estimate of drug-likeness (QED) is 0.746. The summed E-state index contributed by atoms with van der Waals surface area (Å²) in [4.78, 5) is 17.5. The van der Waals surface area contributed by atoms with Crippen LogP contribution in [0.2, 0.25) is 0 Å². The van der Waals surface area contributed by atoms with Gasteiger partial charge >= 0.3 is 0 Å².